The molecule has 2 aromatic rings. The van der Waals surface area contributed by atoms with Gasteiger partial charge in [-0.25, -0.2) is 0 Å². The van der Waals surface area contributed by atoms with Gasteiger partial charge in [0, 0.05) is 13.1 Å². The van der Waals surface area contributed by atoms with Crippen LogP contribution in [-0.4, -0.2) is 28.2 Å². The number of nitrogens with zero attached hydrogens (tertiary/aromatic N) is 2. The number of benzene rings is 1. The van der Waals surface area contributed by atoms with Gasteiger partial charge in [-0.2, -0.15) is 4.98 Å². The minimum atomic E-state index is -0.329. The van der Waals surface area contributed by atoms with Crippen molar-refractivity contribution in [1.82, 2.24) is 9.97 Å². The summed E-state index contributed by atoms with van der Waals surface area (Å²) in [4.78, 5) is 20.9. The Morgan fingerprint density at radius 1 is 1.30 bits per heavy atom. The van der Waals surface area contributed by atoms with Crippen LogP contribution in [0.3, 0.4) is 0 Å². The van der Waals surface area contributed by atoms with Crippen LogP contribution in [0.4, 0.5) is 5.95 Å². The van der Waals surface area contributed by atoms with Gasteiger partial charge in [-0.3, -0.25) is 9.78 Å². The number of H-pyrrole nitrogens is 1. The van der Waals surface area contributed by atoms with E-state index >= 15 is 0 Å². The van der Waals surface area contributed by atoms with Crippen LogP contribution in [0, 0.1) is 6.92 Å². The Balaban J connectivity index is 2.55. The van der Waals surface area contributed by atoms with Gasteiger partial charge in [-0.1, -0.05) is 29.8 Å². The molecule has 5 nitrogen and oxygen atoms in total. The molecule has 0 amide bonds. The molecule has 106 valence electrons. The molecule has 5 heteroatoms. The van der Waals surface area contributed by atoms with Crippen molar-refractivity contribution in [2.75, 3.05) is 18.0 Å². The molecular formula is C15H19N3O2. The second kappa shape index (κ2) is 5.77. The highest BCUT2D eigenvalue weighted by molar-refractivity contribution is 5.68. The summed E-state index contributed by atoms with van der Waals surface area (Å²) in [7, 11) is 0. The molecule has 1 heterocycles. The molecule has 2 N–H and O–H groups in total. The number of anilines is 1. The number of aryl methyl sites for hydroxylation is 1. The highest BCUT2D eigenvalue weighted by atomic mass is 16.3. The first kappa shape index (κ1) is 14.1. The monoisotopic (exact) mass is 273 g/mol. The third-order valence-corrected chi connectivity index (χ3v) is 3.26. The Labute approximate surface area is 117 Å². The summed E-state index contributed by atoms with van der Waals surface area (Å²) in [5, 5.41) is 10.1. The van der Waals surface area contributed by atoms with Crippen molar-refractivity contribution >= 4 is 5.95 Å². The quantitative estimate of drug-likeness (QED) is 0.896. The summed E-state index contributed by atoms with van der Waals surface area (Å²) in [6.07, 6.45) is 0. The first-order valence-corrected chi connectivity index (χ1v) is 6.72. The smallest absolute Gasteiger partial charge is 0.264 e. The van der Waals surface area contributed by atoms with E-state index in [2.05, 4.69) is 9.97 Å². The van der Waals surface area contributed by atoms with Crippen LogP contribution >= 0.6 is 0 Å². The van der Waals surface area contributed by atoms with Crippen molar-refractivity contribution in [3.05, 3.63) is 40.2 Å². The fraction of sp³-hybridized carbons (Fsp3) is 0.333. The van der Waals surface area contributed by atoms with Crippen molar-refractivity contribution in [1.29, 1.82) is 0 Å². The molecular weight excluding hydrogens is 254 g/mol. The van der Waals surface area contributed by atoms with Gasteiger partial charge in [0.15, 0.2) is 0 Å². The number of nitrogens with one attached hydrogen (secondary N) is 1. The zero-order valence-corrected chi connectivity index (χ0v) is 12.0. The van der Waals surface area contributed by atoms with Crippen LogP contribution in [-0.2, 0) is 0 Å². The molecule has 0 aliphatic heterocycles. The number of aromatic nitrogens is 2. The largest absolute Gasteiger partial charge is 0.493 e. The van der Waals surface area contributed by atoms with Crippen molar-refractivity contribution in [2.45, 2.75) is 20.8 Å². The predicted molar refractivity (Wildman–Crippen MR) is 80.3 cm³/mol. The lowest BCUT2D eigenvalue weighted by atomic mass is 10.1. The molecule has 0 saturated carbocycles. The third-order valence-electron chi connectivity index (χ3n) is 3.26. The van der Waals surface area contributed by atoms with Gasteiger partial charge in [0.05, 0.1) is 0 Å². The van der Waals surface area contributed by atoms with E-state index in [9.17, 15) is 9.90 Å². The van der Waals surface area contributed by atoms with Crippen LogP contribution in [0.2, 0.25) is 0 Å². The van der Waals surface area contributed by atoms with E-state index in [1.807, 2.05) is 43.9 Å². The van der Waals surface area contributed by atoms with Gasteiger partial charge in [0.1, 0.15) is 5.56 Å². The van der Waals surface area contributed by atoms with Gasteiger partial charge in [-0.05, 0) is 26.3 Å². The molecule has 0 fully saturated rings. The fourth-order valence-corrected chi connectivity index (χ4v) is 2.18. The Bertz CT molecular complexity index is 660. The molecule has 0 aliphatic rings. The number of rotatable bonds is 4. The summed E-state index contributed by atoms with van der Waals surface area (Å²) in [6.45, 7) is 7.29. The van der Waals surface area contributed by atoms with E-state index in [1.165, 1.54) is 0 Å². The third kappa shape index (κ3) is 2.66. The molecule has 0 unspecified atom stereocenters. The standard InChI is InChI=1S/C15H19N3O2/c1-4-18(5-2)15-16-13(19)12(14(20)17-15)11-8-6-7-10(3)9-11/h6-9H,4-5H2,1-3H3,(H2,16,17,19,20). The van der Waals surface area contributed by atoms with Gasteiger partial charge >= 0.3 is 0 Å². The topological polar surface area (TPSA) is 69.2 Å². The van der Waals surface area contributed by atoms with Gasteiger partial charge in [0.2, 0.25) is 11.8 Å². The summed E-state index contributed by atoms with van der Waals surface area (Å²) in [6, 6.07) is 7.42. The Hall–Kier alpha value is -2.30. The maximum Gasteiger partial charge on any atom is 0.264 e. The van der Waals surface area contributed by atoms with Crippen LogP contribution in [0.25, 0.3) is 11.1 Å². The first-order chi connectivity index (χ1) is 9.56. The van der Waals surface area contributed by atoms with E-state index in [-0.39, 0.29) is 17.0 Å². The van der Waals surface area contributed by atoms with Crippen molar-refractivity contribution in [3.8, 4) is 17.0 Å². The van der Waals surface area contributed by atoms with Gasteiger partial charge < -0.3 is 10.0 Å². The van der Waals surface area contributed by atoms with E-state index in [0.717, 1.165) is 5.56 Å². The van der Waals surface area contributed by atoms with Crippen molar-refractivity contribution in [2.24, 2.45) is 0 Å². The molecule has 2 rings (SSSR count). The molecule has 1 aromatic carbocycles. The molecule has 1 aromatic heterocycles. The number of aromatic amines is 1. The van der Waals surface area contributed by atoms with Crippen LogP contribution in [0.15, 0.2) is 29.1 Å². The highest BCUT2D eigenvalue weighted by Crippen LogP contribution is 2.25. The molecule has 0 spiro atoms. The Morgan fingerprint density at radius 2 is 2.00 bits per heavy atom. The van der Waals surface area contributed by atoms with E-state index in [1.54, 1.807) is 6.07 Å². The predicted octanol–water partition coefficient (Wildman–Crippen LogP) is 2.30. The second-order valence-electron chi connectivity index (χ2n) is 4.63. The normalized spacial score (nSPS) is 10.6. The van der Waals surface area contributed by atoms with Crippen molar-refractivity contribution < 1.29 is 5.11 Å². The summed E-state index contributed by atoms with van der Waals surface area (Å²) in [5.74, 6) is 0.162. The Kier molecular flexibility index (Phi) is 4.08. The number of hydrogen-bond donors (Lipinski definition) is 2. The lowest BCUT2D eigenvalue weighted by Crippen LogP contribution is -2.27. The van der Waals surface area contributed by atoms with Gasteiger partial charge in [0.25, 0.3) is 5.56 Å². The lowest BCUT2D eigenvalue weighted by molar-refractivity contribution is 0.453. The van der Waals surface area contributed by atoms with E-state index in [0.29, 0.717) is 24.6 Å². The number of hydrogen-bond acceptors (Lipinski definition) is 4. The molecule has 0 bridgehead atoms. The molecule has 0 radical (unpaired) electrons. The summed E-state index contributed by atoms with van der Waals surface area (Å²) in [5.41, 5.74) is 1.58. The summed E-state index contributed by atoms with van der Waals surface area (Å²) >= 11 is 0. The molecule has 0 atom stereocenters. The van der Waals surface area contributed by atoms with Gasteiger partial charge in [-0.15, -0.1) is 0 Å². The highest BCUT2D eigenvalue weighted by Gasteiger charge is 2.15. The molecule has 0 saturated heterocycles. The average Bonchev–Trinajstić information content (AvgIpc) is 2.39. The SMILES string of the molecule is CCN(CC)c1nc(O)c(-c2cccc(C)c2)c(=O)[nH]1. The number of aromatic hydroxyl groups is 1. The molecule has 0 aliphatic carbocycles. The maximum absolute atomic E-state index is 12.2. The zero-order chi connectivity index (χ0) is 14.7. The van der Waals surface area contributed by atoms with E-state index in [4.69, 9.17) is 0 Å². The van der Waals surface area contributed by atoms with E-state index < -0.39 is 0 Å². The minimum absolute atomic E-state index is 0.213. The molecule has 20 heavy (non-hydrogen) atoms. The fourth-order valence-electron chi connectivity index (χ4n) is 2.18. The minimum Gasteiger partial charge on any atom is -0.493 e. The second-order valence-corrected chi connectivity index (χ2v) is 4.63. The summed E-state index contributed by atoms with van der Waals surface area (Å²) < 4.78 is 0. The zero-order valence-electron chi connectivity index (χ0n) is 12.0. The maximum atomic E-state index is 12.2. The Morgan fingerprint density at radius 3 is 2.55 bits per heavy atom. The lowest BCUT2D eigenvalue weighted by Gasteiger charge is -2.19. The van der Waals surface area contributed by atoms with Crippen LogP contribution in [0.5, 0.6) is 5.88 Å². The first-order valence-electron chi connectivity index (χ1n) is 6.72. The van der Waals surface area contributed by atoms with Crippen molar-refractivity contribution in [3.63, 3.8) is 0 Å². The van der Waals surface area contributed by atoms with Crippen LogP contribution < -0.4 is 10.5 Å². The average molecular weight is 273 g/mol. The van der Waals surface area contributed by atoms with Crippen LogP contribution in [0.1, 0.15) is 19.4 Å².